The van der Waals surface area contributed by atoms with Gasteiger partial charge in [0.1, 0.15) is 12.4 Å². The second kappa shape index (κ2) is 5.44. The molecule has 0 aliphatic heterocycles. The lowest BCUT2D eigenvalue weighted by Crippen LogP contribution is -2.02. The van der Waals surface area contributed by atoms with Gasteiger partial charge in [-0.25, -0.2) is 0 Å². The number of ether oxygens (including phenoxy) is 1. The molecule has 0 saturated heterocycles. The van der Waals surface area contributed by atoms with Crippen molar-refractivity contribution >= 4 is 16.6 Å². The van der Waals surface area contributed by atoms with E-state index in [4.69, 9.17) is 10.5 Å². The van der Waals surface area contributed by atoms with Crippen molar-refractivity contribution in [3.63, 3.8) is 0 Å². The minimum Gasteiger partial charge on any atom is -0.486 e. The predicted octanol–water partition coefficient (Wildman–Crippen LogP) is 4.01. The number of para-hydroxylation sites is 1. The number of nitrogens with two attached hydrogens (primary N) is 1. The van der Waals surface area contributed by atoms with Crippen LogP contribution in [0, 0.1) is 13.8 Å². The number of hydrogen-bond acceptors (Lipinski definition) is 3. The van der Waals surface area contributed by atoms with Crippen LogP contribution in [0.2, 0.25) is 0 Å². The number of anilines is 1. The lowest BCUT2D eigenvalue weighted by Gasteiger charge is -2.13. The molecular weight excluding hydrogens is 260 g/mol. The molecule has 0 saturated carbocycles. The van der Waals surface area contributed by atoms with Crippen LogP contribution in [0.4, 0.5) is 5.69 Å². The van der Waals surface area contributed by atoms with Crippen LogP contribution in [0.5, 0.6) is 5.75 Å². The van der Waals surface area contributed by atoms with Gasteiger partial charge in [0.15, 0.2) is 0 Å². The van der Waals surface area contributed by atoms with Crippen LogP contribution in [0.15, 0.2) is 48.7 Å². The SMILES string of the molecule is Cc1cc(C)c(OCc2cccc3cccnc23)c(N)c1. The fourth-order valence-electron chi connectivity index (χ4n) is 2.62. The smallest absolute Gasteiger partial charge is 0.145 e. The Morgan fingerprint density at radius 3 is 2.71 bits per heavy atom. The van der Waals surface area contributed by atoms with Crippen LogP contribution in [-0.4, -0.2) is 4.98 Å². The molecule has 3 rings (SSSR count). The zero-order chi connectivity index (χ0) is 14.8. The van der Waals surface area contributed by atoms with Gasteiger partial charge < -0.3 is 10.5 Å². The summed E-state index contributed by atoms with van der Waals surface area (Å²) in [5, 5.41) is 1.12. The van der Waals surface area contributed by atoms with Crippen molar-refractivity contribution in [1.29, 1.82) is 0 Å². The van der Waals surface area contributed by atoms with E-state index in [9.17, 15) is 0 Å². The fraction of sp³-hybridized carbons (Fsp3) is 0.167. The molecule has 21 heavy (non-hydrogen) atoms. The molecule has 0 bridgehead atoms. The third-order valence-electron chi connectivity index (χ3n) is 3.54. The van der Waals surface area contributed by atoms with Crippen molar-refractivity contribution in [2.45, 2.75) is 20.5 Å². The molecule has 0 unspecified atom stereocenters. The van der Waals surface area contributed by atoms with Crippen LogP contribution in [0.1, 0.15) is 16.7 Å². The van der Waals surface area contributed by atoms with Gasteiger partial charge in [0, 0.05) is 17.1 Å². The van der Waals surface area contributed by atoms with Crippen molar-refractivity contribution < 1.29 is 4.74 Å². The normalized spacial score (nSPS) is 10.8. The van der Waals surface area contributed by atoms with Gasteiger partial charge in [-0.1, -0.05) is 30.3 Å². The van der Waals surface area contributed by atoms with Gasteiger partial charge in [-0.15, -0.1) is 0 Å². The highest BCUT2D eigenvalue weighted by Gasteiger charge is 2.08. The third kappa shape index (κ3) is 2.68. The Labute approximate surface area is 124 Å². The Morgan fingerprint density at radius 1 is 1.10 bits per heavy atom. The number of rotatable bonds is 3. The number of hydrogen-bond donors (Lipinski definition) is 1. The number of nitrogens with zero attached hydrogens (tertiary/aromatic N) is 1. The molecule has 3 nitrogen and oxygen atoms in total. The Hall–Kier alpha value is -2.55. The van der Waals surface area contributed by atoms with E-state index >= 15 is 0 Å². The minimum atomic E-state index is 0.461. The Morgan fingerprint density at radius 2 is 1.90 bits per heavy atom. The largest absolute Gasteiger partial charge is 0.486 e. The molecule has 0 aliphatic rings. The van der Waals surface area contributed by atoms with E-state index in [1.807, 2.05) is 38.1 Å². The molecule has 2 N–H and O–H groups in total. The first-order chi connectivity index (χ1) is 10.1. The van der Waals surface area contributed by atoms with Gasteiger partial charge >= 0.3 is 0 Å². The van der Waals surface area contributed by atoms with Crippen molar-refractivity contribution in [3.05, 3.63) is 65.4 Å². The highest BCUT2D eigenvalue weighted by molar-refractivity contribution is 5.81. The molecule has 1 heterocycles. The van der Waals surface area contributed by atoms with E-state index in [1.54, 1.807) is 6.20 Å². The molecule has 0 radical (unpaired) electrons. The molecule has 0 fully saturated rings. The zero-order valence-electron chi connectivity index (χ0n) is 12.3. The van der Waals surface area contributed by atoms with Crippen molar-refractivity contribution in [1.82, 2.24) is 4.98 Å². The highest BCUT2D eigenvalue weighted by Crippen LogP contribution is 2.29. The van der Waals surface area contributed by atoms with Gasteiger partial charge in [0.25, 0.3) is 0 Å². The zero-order valence-corrected chi connectivity index (χ0v) is 12.3. The number of fused-ring (bicyclic) bond motifs is 1. The third-order valence-corrected chi connectivity index (χ3v) is 3.54. The summed E-state index contributed by atoms with van der Waals surface area (Å²) in [5.41, 5.74) is 11.0. The maximum Gasteiger partial charge on any atom is 0.145 e. The monoisotopic (exact) mass is 278 g/mol. The Bertz CT molecular complexity index is 768. The summed E-state index contributed by atoms with van der Waals surface area (Å²) in [6.07, 6.45) is 1.80. The summed E-state index contributed by atoms with van der Waals surface area (Å²) in [6, 6.07) is 14.1. The van der Waals surface area contributed by atoms with E-state index in [0.717, 1.165) is 33.3 Å². The number of aryl methyl sites for hydroxylation is 2. The number of nitrogen functional groups attached to an aromatic ring is 1. The quantitative estimate of drug-likeness (QED) is 0.736. The maximum atomic E-state index is 6.06. The van der Waals surface area contributed by atoms with Gasteiger partial charge in [0.05, 0.1) is 11.2 Å². The van der Waals surface area contributed by atoms with E-state index in [-0.39, 0.29) is 0 Å². The predicted molar refractivity (Wildman–Crippen MR) is 86.4 cm³/mol. The van der Waals surface area contributed by atoms with Crippen LogP contribution in [0.25, 0.3) is 10.9 Å². The van der Waals surface area contributed by atoms with E-state index in [1.165, 1.54) is 0 Å². The van der Waals surface area contributed by atoms with E-state index in [2.05, 4.69) is 23.2 Å². The van der Waals surface area contributed by atoms with Crippen LogP contribution >= 0.6 is 0 Å². The Balaban J connectivity index is 1.91. The molecule has 3 heteroatoms. The standard InChI is InChI=1S/C18H18N2O/c1-12-9-13(2)18(16(19)10-12)21-11-15-6-3-5-14-7-4-8-20-17(14)15/h3-10H,11,19H2,1-2H3. The molecule has 0 atom stereocenters. The fourth-order valence-corrected chi connectivity index (χ4v) is 2.62. The first kappa shape index (κ1) is 13.4. The van der Waals surface area contributed by atoms with E-state index in [0.29, 0.717) is 12.3 Å². The van der Waals surface area contributed by atoms with Gasteiger partial charge in [0.2, 0.25) is 0 Å². The molecule has 1 aromatic heterocycles. The van der Waals surface area contributed by atoms with Gasteiger partial charge in [-0.3, -0.25) is 4.98 Å². The molecule has 0 aliphatic carbocycles. The second-order valence-electron chi connectivity index (χ2n) is 5.28. The van der Waals surface area contributed by atoms with Gasteiger partial charge in [-0.05, 0) is 37.1 Å². The maximum absolute atomic E-state index is 6.06. The van der Waals surface area contributed by atoms with Crippen molar-refractivity contribution in [3.8, 4) is 5.75 Å². The van der Waals surface area contributed by atoms with Crippen molar-refractivity contribution in [2.24, 2.45) is 0 Å². The van der Waals surface area contributed by atoms with Crippen LogP contribution in [0.3, 0.4) is 0 Å². The van der Waals surface area contributed by atoms with Gasteiger partial charge in [-0.2, -0.15) is 0 Å². The van der Waals surface area contributed by atoms with Crippen LogP contribution in [-0.2, 0) is 6.61 Å². The molecule has 0 amide bonds. The lowest BCUT2D eigenvalue weighted by molar-refractivity contribution is 0.307. The lowest BCUT2D eigenvalue weighted by atomic mass is 10.1. The summed E-state index contributed by atoms with van der Waals surface area (Å²) in [4.78, 5) is 4.44. The van der Waals surface area contributed by atoms with Crippen LogP contribution < -0.4 is 10.5 Å². The molecular formula is C18H18N2O. The number of aromatic nitrogens is 1. The average molecular weight is 278 g/mol. The summed E-state index contributed by atoms with van der Waals surface area (Å²) < 4.78 is 5.95. The van der Waals surface area contributed by atoms with Crippen molar-refractivity contribution in [2.75, 3.05) is 5.73 Å². The molecule has 3 aromatic rings. The second-order valence-corrected chi connectivity index (χ2v) is 5.28. The van der Waals surface area contributed by atoms with E-state index < -0.39 is 0 Å². The topological polar surface area (TPSA) is 48.1 Å². The number of benzene rings is 2. The first-order valence-corrected chi connectivity index (χ1v) is 6.97. The first-order valence-electron chi connectivity index (χ1n) is 6.97. The summed E-state index contributed by atoms with van der Waals surface area (Å²) >= 11 is 0. The summed E-state index contributed by atoms with van der Waals surface area (Å²) in [6.45, 7) is 4.50. The summed E-state index contributed by atoms with van der Waals surface area (Å²) in [5.74, 6) is 0.758. The minimum absolute atomic E-state index is 0.461. The summed E-state index contributed by atoms with van der Waals surface area (Å²) in [7, 11) is 0. The molecule has 106 valence electrons. The average Bonchev–Trinajstić information content (AvgIpc) is 2.46. The Kier molecular flexibility index (Phi) is 3.48. The highest BCUT2D eigenvalue weighted by atomic mass is 16.5. The molecule has 2 aromatic carbocycles. The number of pyridine rings is 1. The molecule has 0 spiro atoms.